The topological polar surface area (TPSA) is 47.6 Å². The van der Waals surface area contributed by atoms with Gasteiger partial charge in [-0.2, -0.15) is 0 Å². The lowest BCUT2D eigenvalue weighted by atomic mass is 10.1. The van der Waals surface area contributed by atoms with E-state index in [0.717, 1.165) is 27.8 Å². The quantitative estimate of drug-likeness (QED) is 0.790. The molecule has 0 aliphatic carbocycles. The number of amides is 1. The maximum atomic E-state index is 11.4. The Bertz CT molecular complexity index is 701. The zero-order chi connectivity index (χ0) is 16.8. The largest absolute Gasteiger partial charge is 0.489 e. The lowest BCUT2D eigenvalue weighted by Crippen LogP contribution is -2.13. The summed E-state index contributed by atoms with van der Waals surface area (Å²) >= 11 is 3.44. The molecule has 0 aliphatic rings. The maximum Gasteiger partial charge on any atom is 0.411 e. The van der Waals surface area contributed by atoms with E-state index in [1.165, 1.54) is 12.7 Å². The van der Waals surface area contributed by atoms with Gasteiger partial charge in [0.1, 0.15) is 12.4 Å². The smallest absolute Gasteiger partial charge is 0.411 e. The van der Waals surface area contributed by atoms with Gasteiger partial charge in [0.15, 0.2) is 0 Å². The van der Waals surface area contributed by atoms with Crippen LogP contribution in [0.4, 0.5) is 10.5 Å². The van der Waals surface area contributed by atoms with Crippen molar-refractivity contribution in [1.82, 2.24) is 0 Å². The second-order valence-corrected chi connectivity index (χ2v) is 6.08. The van der Waals surface area contributed by atoms with Gasteiger partial charge < -0.3 is 9.47 Å². The predicted octanol–water partition coefficient (Wildman–Crippen LogP) is 5.08. The van der Waals surface area contributed by atoms with Gasteiger partial charge in [-0.1, -0.05) is 35.0 Å². The fraction of sp³-hybridized carbons (Fsp3) is 0.278. The molecule has 0 heterocycles. The Morgan fingerprint density at radius 1 is 1.22 bits per heavy atom. The molecule has 0 aliphatic heterocycles. The third-order valence-electron chi connectivity index (χ3n) is 3.52. The van der Waals surface area contributed by atoms with Crippen molar-refractivity contribution in [2.75, 3.05) is 12.4 Å². The Kier molecular flexibility index (Phi) is 6.04. The van der Waals surface area contributed by atoms with E-state index in [1.54, 1.807) is 0 Å². The molecule has 0 fully saturated rings. The van der Waals surface area contributed by atoms with E-state index < -0.39 is 6.09 Å². The van der Waals surface area contributed by atoms with Crippen molar-refractivity contribution < 1.29 is 14.3 Å². The lowest BCUT2D eigenvalue weighted by molar-refractivity contribution is 0.187. The average molecular weight is 378 g/mol. The van der Waals surface area contributed by atoms with Gasteiger partial charge in [-0.3, -0.25) is 5.32 Å². The number of hydrogen-bond acceptors (Lipinski definition) is 3. The van der Waals surface area contributed by atoms with Crippen molar-refractivity contribution in [3.8, 4) is 5.75 Å². The Labute approximate surface area is 144 Å². The minimum absolute atomic E-state index is 0.352. The van der Waals surface area contributed by atoms with Crippen LogP contribution in [-0.4, -0.2) is 13.2 Å². The van der Waals surface area contributed by atoms with Crippen LogP contribution >= 0.6 is 15.9 Å². The maximum absolute atomic E-state index is 11.4. The van der Waals surface area contributed by atoms with E-state index in [0.29, 0.717) is 12.3 Å². The summed E-state index contributed by atoms with van der Waals surface area (Å²) in [4.78, 5) is 11.4. The summed E-state index contributed by atoms with van der Waals surface area (Å²) in [5, 5.41) is 2.69. The number of carbonyl (C=O) groups is 1. The molecule has 2 aromatic rings. The second-order valence-electron chi connectivity index (χ2n) is 5.16. The van der Waals surface area contributed by atoms with Crippen molar-refractivity contribution >= 4 is 27.7 Å². The number of nitrogens with one attached hydrogen (secondary N) is 1. The highest BCUT2D eigenvalue weighted by Crippen LogP contribution is 2.25. The Morgan fingerprint density at radius 3 is 2.65 bits per heavy atom. The molecule has 0 saturated carbocycles. The minimum atomic E-state index is -0.503. The van der Waals surface area contributed by atoms with Crippen LogP contribution in [0, 0.1) is 6.92 Å². The molecule has 0 aromatic heterocycles. The minimum Gasteiger partial charge on any atom is -0.489 e. The number of benzene rings is 2. The van der Waals surface area contributed by atoms with E-state index in [-0.39, 0.29) is 0 Å². The molecule has 0 radical (unpaired) electrons. The number of aryl methyl sites for hydroxylation is 2. The zero-order valence-corrected chi connectivity index (χ0v) is 15.1. The number of hydrogen-bond donors (Lipinski definition) is 1. The fourth-order valence-electron chi connectivity index (χ4n) is 2.21. The van der Waals surface area contributed by atoms with Gasteiger partial charge in [0.25, 0.3) is 0 Å². The molecule has 0 atom stereocenters. The first-order valence-corrected chi connectivity index (χ1v) is 8.18. The first-order valence-electron chi connectivity index (χ1n) is 7.39. The van der Waals surface area contributed by atoms with Crippen LogP contribution in [0.15, 0.2) is 40.9 Å². The van der Waals surface area contributed by atoms with E-state index >= 15 is 0 Å². The van der Waals surface area contributed by atoms with Crippen LogP contribution in [-0.2, 0) is 17.8 Å². The molecule has 0 bridgehead atoms. The molecule has 0 saturated heterocycles. The zero-order valence-electron chi connectivity index (χ0n) is 13.5. The van der Waals surface area contributed by atoms with E-state index in [1.807, 2.05) is 31.2 Å². The van der Waals surface area contributed by atoms with Crippen molar-refractivity contribution in [1.29, 1.82) is 0 Å². The predicted molar refractivity (Wildman–Crippen MR) is 95.1 cm³/mol. The molecule has 1 amide bonds. The van der Waals surface area contributed by atoms with Crippen molar-refractivity contribution in [3.63, 3.8) is 0 Å². The molecule has 2 aromatic carbocycles. The molecule has 122 valence electrons. The van der Waals surface area contributed by atoms with Crippen LogP contribution < -0.4 is 10.1 Å². The molecular weight excluding hydrogens is 358 g/mol. The summed E-state index contributed by atoms with van der Waals surface area (Å²) in [5.74, 6) is 0.839. The van der Waals surface area contributed by atoms with Gasteiger partial charge in [-0.05, 0) is 48.7 Å². The fourth-order valence-corrected chi connectivity index (χ4v) is 2.62. The molecule has 0 spiro atoms. The standard InChI is InChI=1S/C18H20BrNO3/c1-4-13-5-8-17(12(2)9-13)23-11-14-10-15(19)6-7-16(14)20-18(21)22-3/h5-10H,4,11H2,1-3H3,(H,20,21). The third-order valence-corrected chi connectivity index (χ3v) is 4.01. The monoisotopic (exact) mass is 377 g/mol. The van der Waals surface area contributed by atoms with Crippen LogP contribution in [0.2, 0.25) is 0 Å². The van der Waals surface area contributed by atoms with Gasteiger partial charge >= 0.3 is 6.09 Å². The molecule has 2 rings (SSSR count). The lowest BCUT2D eigenvalue weighted by Gasteiger charge is -2.14. The van der Waals surface area contributed by atoms with Crippen molar-refractivity contribution in [3.05, 3.63) is 57.6 Å². The summed E-state index contributed by atoms with van der Waals surface area (Å²) in [7, 11) is 1.34. The van der Waals surface area contributed by atoms with Crippen LogP contribution in [0.3, 0.4) is 0 Å². The Morgan fingerprint density at radius 2 is 2.00 bits per heavy atom. The number of carbonyl (C=O) groups excluding carboxylic acids is 1. The summed E-state index contributed by atoms with van der Waals surface area (Å²) in [6, 6.07) is 11.8. The van der Waals surface area contributed by atoms with E-state index in [9.17, 15) is 4.79 Å². The summed E-state index contributed by atoms with van der Waals surface area (Å²) < 4.78 is 11.5. The Hall–Kier alpha value is -2.01. The van der Waals surface area contributed by atoms with E-state index in [2.05, 4.69) is 45.0 Å². The third kappa shape index (κ3) is 4.73. The summed E-state index contributed by atoms with van der Waals surface area (Å²) in [6.07, 6.45) is 0.497. The first-order chi connectivity index (χ1) is 11.0. The molecular formula is C18H20BrNO3. The van der Waals surface area contributed by atoms with Gasteiger partial charge in [-0.15, -0.1) is 0 Å². The van der Waals surface area contributed by atoms with Crippen molar-refractivity contribution in [2.45, 2.75) is 26.9 Å². The molecule has 23 heavy (non-hydrogen) atoms. The molecule has 5 heteroatoms. The Balaban J connectivity index is 2.16. The van der Waals surface area contributed by atoms with Crippen molar-refractivity contribution in [2.24, 2.45) is 0 Å². The highest BCUT2D eigenvalue weighted by molar-refractivity contribution is 9.10. The highest BCUT2D eigenvalue weighted by Gasteiger charge is 2.09. The summed E-state index contributed by atoms with van der Waals surface area (Å²) in [5.41, 5.74) is 3.92. The molecule has 0 unspecified atom stereocenters. The normalized spacial score (nSPS) is 10.3. The summed E-state index contributed by atoms with van der Waals surface area (Å²) in [6.45, 7) is 4.51. The second kappa shape index (κ2) is 8.02. The van der Waals surface area contributed by atoms with E-state index in [4.69, 9.17) is 4.74 Å². The van der Waals surface area contributed by atoms with Crippen LogP contribution in [0.5, 0.6) is 5.75 Å². The number of rotatable bonds is 5. The van der Waals surface area contributed by atoms with Gasteiger partial charge in [-0.25, -0.2) is 4.79 Å². The van der Waals surface area contributed by atoms with Gasteiger partial charge in [0.2, 0.25) is 0 Å². The number of ether oxygens (including phenoxy) is 2. The van der Waals surface area contributed by atoms with Gasteiger partial charge in [0.05, 0.1) is 12.8 Å². The van der Waals surface area contributed by atoms with Crippen LogP contribution in [0.25, 0.3) is 0 Å². The number of halogens is 1. The number of methoxy groups -OCH3 is 1. The SMILES string of the molecule is CCc1ccc(OCc2cc(Br)ccc2NC(=O)OC)c(C)c1. The molecule has 4 nitrogen and oxygen atoms in total. The first kappa shape index (κ1) is 17.3. The number of anilines is 1. The molecule has 1 N–H and O–H groups in total. The average Bonchev–Trinajstić information content (AvgIpc) is 2.55. The van der Waals surface area contributed by atoms with Crippen LogP contribution in [0.1, 0.15) is 23.6 Å². The highest BCUT2D eigenvalue weighted by atomic mass is 79.9. The van der Waals surface area contributed by atoms with Gasteiger partial charge in [0, 0.05) is 10.0 Å².